The Hall–Kier alpha value is -3.68. The van der Waals surface area contributed by atoms with Crippen LogP contribution < -0.4 is 20.5 Å². The Labute approximate surface area is 251 Å². The molecule has 2 fully saturated rings. The lowest BCUT2D eigenvalue weighted by atomic mass is 10.0. The topological polar surface area (TPSA) is 144 Å². The summed E-state index contributed by atoms with van der Waals surface area (Å²) in [5, 5.41) is 8.72. The molecule has 1 aliphatic heterocycles. The van der Waals surface area contributed by atoms with Gasteiger partial charge >= 0.3 is 0 Å². The summed E-state index contributed by atoms with van der Waals surface area (Å²) in [6, 6.07) is 6.65. The van der Waals surface area contributed by atoms with E-state index in [1.165, 1.54) is 6.07 Å². The van der Waals surface area contributed by atoms with Crippen molar-refractivity contribution < 1.29 is 13.2 Å². The SMILES string of the molecule is Cc1cc([C@@H](C)Nc2ccc(Cl)nc2C(=O)NS(C)(=O)=O)c2nc(N3C[C@@H]4C(n5cc(Cl)cn5)[C@@H]4C3)n(C)c(=O)c2c1. The zero-order valence-electron chi connectivity index (χ0n) is 23.2. The predicted molar refractivity (Wildman–Crippen MR) is 161 cm³/mol. The molecule has 0 spiro atoms. The quantitative estimate of drug-likeness (QED) is 0.294. The van der Waals surface area contributed by atoms with E-state index in [2.05, 4.69) is 20.3 Å². The maximum atomic E-state index is 13.6. The third-order valence-electron chi connectivity index (χ3n) is 7.83. The minimum Gasteiger partial charge on any atom is -0.377 e. The van der Waals surface area contributed by atoms with Gasteiger partial charge in [0.15, 0.2) is 5.69 Å². The number of carbonyl (C=O) groups excluding carboxylic acids is 1. The van der Waals surface area contributed by atoms with Crippen molar-refractivity contribution in [2.45, 2.75) is 25.9 Å². The Kier molecular flexibility index (Phi) is 6.94. The van der Waals surface area contributed by atoms with Crippen LogP contribution in [0.5, 0.6) is 0 Å². The van der Waals surface area contributed by atoms with Crippen molar-refractivity contribution in [3.05, 3.63) is 74.0 Å². The summed E-state index contributed by atoms with van der Waals surface area (Å²) in [5.41, 5.74) is 2.08. The highest BCUT2D eigenvalue weighted by molar-refractivity contribution is 7.89. The normalized spacial score (nSPS) is 20.4. The van der Waals surface area contributed by atoms with Crippen LogP contribution in [-0.4, -0.2) is 58.0 Å². The standard InChI is InChI=1S/C27H28Cl2N8O4S/c1-13-7-16(14(2)31-20-5-6-21(29)32-23(20)25(38)34-42(4,40)41)22-17(8-13)26(39)35(3)27(33-22)36-11-18-19(12-36)24(18)37-10-15(28)9-30-37/h5-10,14,18-19,24,31H,11-12H2,1-4H3,(H,34,38)/t14-,18-,19+,24?/m1/s1. The summed E-state index contributed by atoms with van der Waals surface area (Å²) in [4.78, 5) is 37.5. The number of benzene rings is 1. The number of rotatable bonds is 7. The second-order valence-electron chi connectivity index (χ2n) is 11.0. The highest BCUT2D eigenvalue weighted by Gasteiger charge is 2.58. The van der Waals surface area contributed by atoms with E-state index in [1.807, 2.05) is 41.6 Å². The lowest BCUT2D eigenvalue weighted by Gasteiger charge is -2.25. The third-order valence-corrected chi connectivity index (χ3v) is 8.79. The number of hydrogen-bond donors (Lipinski definition) is 2. The highest BCUT2D eigenvalue weighted by Crippen LogP contribution is 2.55. The molecular weight excluding hydrogens is 603 g/mol. The molecule has 3 aromatic heterocycles. The van der Waals surface area contributed by atoms with E-state index in [0.717, 1.165) is 30.5 Å². The third kappa shape index (κ3) is 5.20. The lowest BCUT2D eigenvalue weighted by molar-refractivity contribution is 0.0977. The lowest BCUT2D eigenvalue weighted by Crippen LogP contribution is -2.33. The number of aryl methyl sites for hydroxylation is 1. The van der Waals surface area contributed by atoms with Gasteiger partial charge in [-0.05, 0) is 37.6 Å². The van der Waals surface area contributed by atoms with Crippen LogP contribution in [0.25, 0.3) is 10.9 Å². The molecule has 42 heavy (non-hydrogen) atoms. The highest BCUT2D eigenvalue weighted by atomic mass is 35.5. The molecular formula is C27H28Cl2N8O4S. The molecule has 4 aromatic rings. The fraction of sp³-hybridized carbons (Fsp3) is 0.370. The summed E-state index contributed by atoms with van der Waals surface area (Å²) in [6.07, 6.45) is 4.36. The number of piperidine rings is 1. The van der Waals surface area contributed by atoms with Crippen LogP contribution >= 0.6 is 23.2 Å². The Morgan fingerprint density at radius 2 is 1.86 bits per heavy atom. The van der Waals surface area contributed by atoms with E-state index in [4.69, 9.17) is 28.2 Å². The van der Waals surface area contributed by atoms with E-state index in [-0.39, 0.29) is 28.1 Å². The first kappa shape index (κ1) is 28.4. The molecule has 2 aliphatic rings. The molecule has 4 atom stereocenters. The molecule has 15 heteroatoms. The number of nitrogens with one attached hydrogen (secondary N) is 2. The zero-order valence-corrected chi connectivity index (χ0v) is 25.5. The number of aromatic nitrogens is 5. The molecule has 6 rings (SSSR count). The summed E-state index contributed by atoms with van der Waals surface area (Å²) >= 11 is 12.1. The number of sulfonamides is 1. The number of fused-ring (bicyclic) bond motifs is 2. The van der Waals surface area contributed by atoms with Gasteiger partial charge < -0.3 is 10.2 Å². The van der Waals surface area contributed by atoms with Gasteiger partial charge in [0.25, 0.3) is 11.5 Å². The summed E-state index contributed by atoms with van der Waals surface area (Å²) in [6.45, 7) is 5.24. The van der Waals surface area contributed by atoms with Crippen LogP contribution in [-0.2, 0) is 17.1 Å². The van der Waals surface area contributed by atoms with Gasteiger partial charge in [-0.1, -0.05) is 29.3 Å². The Balaban J connectivity index is 1.33. The molecule has 2 N–H and O–H groups in total. The van der Waals surface area contributed by atoms with Gasteiger partial charge in [0, 0.05) is 43.7 Å². The first-order valence-corrected chi connectivity index (χ1v) is 15.9. The van der Waals surface area contributed by atoms with Gasteiger partial charge in [-0.15, -0.1) is 0 Å². The van der Waals surface area contributed by atoms with Crippen molar-refractivity contribution in [2.75, 3.05) is 29.6 Å². The maximum Gasteiger partial charge on any atom is 0.285 e. The van der Waals surface area contributed by atoms with E-state index >= 15 is 0 Å². The van der Waals surface area contributed by atoms with Crippen molar-refractivity contribution in [3.63, 3.8) is 0 Å². The molecule has 4 heterocycles. The number of halogens is 2. The fourth-order valence-electron chi connectivity index (χ4n) is 5.94. The van der Waals surface area contributed by atoms with Crippen LogP contribution in [0.3, 0.4) is 0 Å². The Bertz CT molecular complexity index is 1910. The molecule has 12 nitrogen and oxygen atoms in total. The van der Waals surface area contributed by atoms with Gasteiger partial charge in [0.05, 0.1) is 46.1 Å². The smallest absolute Gasteiger partial charge is 0.285 e. The second-order valence-corrected chi connectivity index (χ2v) is 13.6. The van der Waals surface area contributed by atoms with Crippen molar-refractivity contribution in [1.82, 2.24) is 29.0 Å². The van der Waals surface area contributed by atoms with Crippen molar-refractivity contribution in [2.24, 2.45) is 18.9 Å². The first-order chi connectivity index (χ1) is 19.8. The largest absolute Gasteiger partial charge is 0.377 e. The zero-order chi connectivity index (χ0) is 30.1. The molecule has 1 aromatic carbocycles. The Morgan fingerprint density at radius 1 is 1.14 bits per heavy atom. The summed E-state index contributed by atoms with van der Waals surface area (Å²) in [7, 11) is -2.10. The minimum absolute atomic E-state index is 0.0317. The average molecular weight is 632 g/mol. The number of amides is 1. The molecule has 1 saturated carbocycles. The molecule has 1 aliphatic carbocycles. The second kappa shape index (κ2) is 10.2. The first-order valence-electron chi connectivity index (χ1n) is 13.2. The number of hydrogen-bond acceptors (Lipinski definition) is 9. The molecule has 1 saturated heterocycles. The maximum absolute atomic E-state index is 13.6. The summed E-state index contributed by atoms with van der Waals surface area (Å²) < 4.78 is 28.8. The number of carbonyl (C=O) groups is 1. The van der Waals surface area contributed by atoms with Gasteiger partial charge in [-0.25, -0.2) is 23.1 Å². The van der Waals surface area contributed by atoms with Crippen LogP contribution in [0.4, 0.5) is 11.6 Å². The number of nitrogens with zero attached hydrogens (tertiary/aromatic N) is 6. The molecule has 220 valence electrons. The van der Waals surface area contributed by atoms with Gasteiger partial charge in [0.1, 0.15) is 5.15 Å². The van der Waals surface area contributed by atoms with Gasteiger partial charge in [0.2, 0.25) is 16.0 Å². The van der Waals surface area contributed by atoms with Crippen molar-refractivity contribution >= 4 is 61.7 Å². The van der Waals surface area contributed by atoms with Gasteiger partial charge in [-0.2, -0.15) is 5.10 Å². The van der Waals surface area contributed by atoms with E-state index < -0.39 is 22.0 Å². The number of pyridine rings is 1. The molecule has 1 unspecified atom stereocenters. The van der Waals surface area contributed by atoms with Crippen LogP contribution in [0.1, 0.15) is 40.6 Å². The van der Waals surface area contributed by atoms with E-state index in [0.29, 0.717) is 33.7 Å². The minimum atomic E-state index is -3.83. The van der Waals surface area contributed by atoms with E-state index in [1.54, 1.807) is 23.9 Å². The van der Waals surface area contributed by atoms with Crippen LogP contribution in [0.15, 0.2) is 41.5 Å². The average Bonchev–Trinajstić information content (AvgIpc) is 3.20. The monoisotopic (exact) mass is 630 g/mol. The van der Waals surface area contributed by atoms with Crippen molar-refractivity contribution in [1.29, 1.82) is 0 Å². The Morgan fingerprint density at radius 3 is 2.50 bits per heavy atom. The van der Waals surface area contributed by atoms with E-state index in [9.17, 15) is 18.0 Å². The molecule has 1 amide bonds. The molecule has 0 radical (unpaired) electrons. The van der Waals surface area contributed by atoms with Crippen LogP contribution in [0, 0.1) is 18.8 Å². The van der Waals surface area contributed by atoms with Gasteiger partial charge in [-0.3, -0.25) is 18.8 Å². The van der Waals surface area contributed by atoms with Crippen molar-refractivity contribution in [3.8, 4) is 0 Å². The van der Waals surface area contributed by atoms with Crippen LogP contribution in [0.2, 0.25) is 10.2 Å². The number of anilines is 2. The molecule has 0 bridgehead atoms. The fourth-order valence-corrected chi connectivity index (χ4v) is 6.66. The predicted octanol–water partition coefficient (Wildman–Crippen LogP) is 3.31. The summed E-state index contributed by atoms with van der Waals surface area (Å²) in [5.74, 6) is 0.443.